The minimum absolute atomic E-state index is 0.148. The lowest BCUT2D eigenvalue weighted by Crippen LogP contribution is -2.29. The molecule has 1 atom stereocenters. The first kappa shape index (κ1) is 13.2. The molecule has 0 aliphatic carbocycles. The first-order valence-electron chi connectivity index (χ1n) is 6.79. The molecule has 1 aliphatic rings. The highest BCUT2D eigenvalue weighted by atomic mass is 32.2. The zero-order valence-electron chi connectivity index (χ0n) is 11.3. The summed E-state index contributed by atoms with van der Waals surface area (Å²) in [6.07, 6.45) is 2.69. The van der Waals surface area contributed by atoms with Crippen LogP contribution >= 0.6 is 11.8 Å². The van der Waals surface area contributed by atoms with Gasteiger partial charge in [0.25, 0.3) is 0 Å². The molecular weight excluding hydrogens is 268 g/mol. The van der Waals surface area contributed by atoms with Crippen molar-refractivity contribution in [2.45, 2.75) is 23.5 Å². The van der Waals surface area contributed by atoms with E-state index < -0.39 is 0 Å². The van der Waals surface area contributed by atoms with Crippen molar-refractivity contribution in [3.05, 3.63) is 54.2 Å². The maximum atomic E-state index is 12.6. The van der Waals surface area contributed by atoms with Gasteiger partial charge in [-0.05, 0) is 24.6 Å². The van der Waals surface area contributed by atoms with Gasteiger partial charge in [-0.2, -0.15) is 0 Å². The molecule has 0 spiro atoms. The highest BCUT2D eigenvalue weighted by Crippen LogP contribution is 2.45. The third-order valence-electron chi connectivity index (χ3n) is 3.29. The van der Waals surface area contributed by atoms with Gasteiger partial charge in [-0.15, -0.1) is 11.8 Å². The van der Waals surface area contributed by atoms with E-state index in [4.69, 9.17) is 0 Å². The minimum atomic E-state index is -0.173. The predicted molar refractivity (Wildman–Crippen MR) is 81.9 cm³/mol. The first-order valence-corrected chi connectivity index (χ1v) is 7.67. The summed E-state index contributed by atoms with van der Waals surface area (Å²) in [5, 5.41) is -0.173. The molecule has 0 saturated heterocycles. The Morgan fingerprint density at radius 1 is 1.20 bits per heavy atom. The molecule has 0 fully saturated rings. The standard InChI is InChI=1S/C16H16N2OS/c1-2-11-18-15-13(9-6-10-17-15)14(16(18)19)20-12-7-4-3-5-8-12/h3-10,14H,2,11H2,1H3. The topological polar surface area (TPSA) is 33.2 Å². The molecular formula is C16H16N2OS. The lowest BCUT2D eigenvalue weighted by molar-refractivity contribution is -0.117. The van der Waals surface area contributed by atoms with E-state index in [1.54, 1.807) is 18.0 Å². The van der Waals surface area contributed by atoms with Gasteiger partial charge in [-0.1, -0.05) is 31.2 Å². The maximum absolute atomic E-state index is 12.6. The summed E-state index contributed by atoms with van der Waals surface area (Å²) in [4.78, 5) is 19.9. The second kappa shape index (κ2) is 5.67. The average molecular weight is 284 g/mol. The van der Waals surface area contributed by atoms with Crippen molar-refractivity contribution in [3.8, 4) is 0 Å². The van der Waals surface area contributed by atoms with Crippen LogP contribution in [0.5, 0.6) is 0 Å². The van der Waals surface area contributed by atoms with E-state index >= 15 is 0 Å². The number of anilines is 1. The van der Waals surface area contributed by atoms with Crippen LogP contribution < -0.4 is 4.90 Å². The predicted octanol–water partition coefficient (Wildman–Crippen LogP) is 3.67. The molecule has 0 saturated carbocycles. The quantitative estimate of drug-likeness (QED) is 0.859. The third-order valence-corrected chi connectivity index (χ3v) is 4.53. The Morgan fingerprint density at radius 3 is 2.75 bits per heavy atom. The fraction of sp³-hybridized carbons (Fsp3) is 0.250. The smallest absolute Gasteiger partial charge is 0.246 e. The van der Waals surface area contributed by atoms with Crippen LogP contribution in [0.25, 0.3) is 0 Å². The Balaban J connectivity index is 1.94. The lowest BCUT2D eigenvalue weighted by Gasteiger charge is -2.15. The average Bonchev–Trinajstić information content (AvgIpc) is 2.75. The van der Waals surface area contributed by atoms with Crippen molar-refractivity contribution < 1.29 is 4.79 Å². The van der Waals surface area contributed by atoms with Gasteiger partial charge in [0.05, 0.1) is 0 Å². The number of carbonyl (C=O) groups excluding carboxylic acids is 1. The minimum Gasteiger partial charge on any atom is -0.295 e. The second-order valence-electron chi connectivity index (χ2n) is 4.72. The summed E-state index contributed by atoms with van der Waals surface area (Å²) < 4.78 is 0. The summed E-state index contributed by atoms with van der Waals surface area (Å²) in [5.74, 6) is 0.974. The van der Waals surface area contributed by atoms with Crippen molar-refractivity contribution in [1.82, 2.24) is 4.98 Å². The lowest BCUT2D eigenvalue weighted by atomic mass is 10.2. The number of hydrogen-bond acceptors (Lipinski definition) is 3. The molecule has 102 valence electrons. The summed E-state index contributed by atoms with van der Waals surface area (Å²) in [7, 11) is 0. The number of nitrogens with zero attached hydrogens (tertiary/aromatic N) is 2. The number of hydrogen-bond donors (Lipinski definition) is 0. The van der Waals surface area contributed by atoms with E-state index in [0.29, 0.717) is 0 Å². The monoisotopic (exact) mass is 284 g/mol. The molecule has 1 aromatic carbocycles. The SMILES string of the molecule is CCCN1C(=O)C(Sc2ccccc2)c2cccnc21. The first-order chi connectivity index (χ1) is 9.81. The summed E-state index contributed by atoms with van der Waals surface area (Å²) >= 11 is 1.60. The van der Waals surface area contributed by atoms with Crippen LogP contribution in [0.15, 0.2) is 53.6 Å². The molecule has 0 radical (unpaired) electrons. The van der Waals surface area contributed by atoms with Crippen LogP contribution in [0.4, 0.5) is 5.82 Å². The number of amides is 1. The molecule has 1 aromatic heterocycles. The summed E-state index contributed by atoms with van der Waals surface area (Å²) in [6, 6.07) is 14.0. The number of fused-ring (bicyclic) bond motifs is 1. The van der Waals surface area contributed by atoms with Crippen LogP contribution in [-0.4, -0.2) is 17.4 Å². The molecule has 2 aromatic rings. The van der Waals surface area contributed by atoms with Crippen molar-refractivity contribution in [2.24, 2.45) is 0 Å². The fourth-order valence-electron chi connectivity index (χ4n) is 2.41. The van der Waals surface area contributed by atoms with Crippen LogP contribution in [0, 0.1) is 0 Å². The van der Waals surface area contributed by atoms with Crippen LogP contribution in [0.1, 0.15) is 24.2 Å². The summed E-state index contributed by atoms with van der Waals surface area (Å²) in [5.41, 5.74) is 1.03. The van der Waals surface area contributed by atoms with Crippen molar-refractivity contribution in [1.29, 1.82) is 0 Å². The number of aromatic nitrogens is 1. The Morgan fingerprint density at radius 2 is 2.00 bits per heavy atom. The summed E-state index contributed by atoms with van der Waals surface area (Å²) in [6.45, 7) is 2.81. The number of pyridine rings is 1. The van der Waals surface area contributed by atoms with Crippen molar-refractivity contribution >= 4 is 23.5 Å². The van der Waals surface area contributed by atoms with E-state index in [9.17, 15) is 4.79 Å². The van der Waals surface area contributed by atoms with Gasteiger partial charge in [-0.3, -0.25) is 9.69 Å². The molecule has 0 N–H and O–H groups in total. The molecule has 4 heteroatoms. The van der Waals surface area contributed by atoms with Crippen LogP contribution in [-0.2, 0) is 4.79 Å². The molecule has 20 heavy (non-hydrogen) atoms. The van der Waals surface area contributed by atoms with Crippen molar-refractivity contribution in [2.75, 3.05) is 11.4 Å². The molecule has 1 amide bonds. The van der Waals surface area contributed by atoms with Gasteiger partial charge >= 0.3 is 0 Å². The highest BCUT2D eigenvalue weighted by Gasteiger charge is 2.38. The number of thioether (sulfide) groups is 1. The van der Waals surface area contributed by atoms with Gasteiger partial charge in [0.1, 0.15) is 11.1 Å². The van der Waals surface area contributed by atoms with Gasteiger partial charge in [0.15, 0.2) is 0 Å². The molecule has 1 unspecified atom stereocenters. The van der Waals surface area contributed by atoms with Gasteiger partial charge < -0.3 is 0 Å². The van der Waals surface area contributed by atoms with E-state index in [1.807, 2.05) is 47.4 Å². The number of rotatable bonds is 4. The van der Waals surface area contributed by atoms with Crippen molar-refractivity contribution in [3.63, 3.8) is 0 Å². The Labute approximate surface area is 123 Å². The second-order valence-corrected chi connectivity index (χ2v) is 5.90. The van der Waals surface area contributed by atoms with E-state index in [1.165, 1.54) is 0 Å². The zero-order chi connectivity index (χ0) is 13.9. The molecule has 1 aliphatic heterocycles. The molecule has 3 rings (SSSR count). The van der Waals surface area contributed by atoms with E-state index in [2.05, 4.69) is 11.9 Å². The van der Waals surface area contributed by atoms with Gasteiger partial charge in [0, 0.05) is 23.2 Å². The largest absolute Gasteiger partial charge is 0.295 e. The molecule has 0 bridgehead atoms. The Hall–Kier alpha value is -1.81. The third kappa shape index (κ3) is 2.31. The normalized spacial score (nSPS) is 17.4. The Kier molecular flexibility index (Phi) is 3.74. The number of benzene rings is 1. The fourth-order valence-corrected chi connectivity index (χ4v) is 3.53. The maximum Gasteiger partial charge on any atom is 0.246 e. The number of carbonyl (C=O) groups is 1. The van der Waals surface area contributed by atoms with E-state index in [-0.39, 0.29) is 11.2 Å². The van der Waals surface area contributed by atoms with Gasteiger partial charge in [0.2, 0.25) is 5.91 Å². The molecule has 2 heterocycles. The molecule has 3 nitrogen and oxygen atoms in total. The zero-order valence-corrected chi connectivity index (χ0v) is 12.1. The van der Waals surface area contributed by atoms with E-state index in [0.717, 1.165) is 29.2 Å². The highest BCUT2D eigenvalue weighted by molar-refractivity contribution is 8.00. The van der Waals surface area contributed by atoms with Gasteiger partial charge in [-0.25, -0.2) is 4.98 Å². The van der Waals surface area contributed by atoms with Crippen LogP contribution in [0.2, 0.25) is 0 Å². The van der Waals surface area contributed by atoms with Crippen LogP contribution in [0.3, 0.4) is 0 Å². The Bertz CT molecular complexity index is 615.